The predicted octanol–water partition coefficient (Wildman–Crippen LogP) is 3.22. The predicted molar refractivity (Wildman–Crippen MR) is 106 cm³/mol. The molecule has 0 atom stereocenters. The highest BCUT2D eigenvalue weighted by molar-refractivity contribution is 5.92. The third kappa shape index (κ3) is 3.27. The van der Waals surface area contributed by atoms with E-state index >= 15 is 0 Å². The maximum atomic E-state index is 4.52. The van der Waals surface area contributed by atoms with Gasteiger partial charge in [0.05, 0.1) is 5.69 Å². The van der Waals surface area contributed by atoms with Gasteiger partial charge in [-0.1, -0.05) is 11.3 Å². The molecule has 3 aromatic heterocycles. The van der Waals surface area contributed by atoms with Crippen LogP contribution in [0.15, 0.2) is 35.4 Å². The molecule has 0 amide bonds. The number of aliphatic imine (C=N–C) groups is 1. The molecule has 0 unspecified atom stereocenters. The fourth-order valence-corrected chi connectivity index (χ4v) is 4.43. The molecule has 2 N–H and O–H groups in total. The van der Waals surface area contributed by atoms with Crippen LogP contribution in [-0.2, 0) is 0 Å². The smallest absolute Gasteiger partial charge is 0.141 e. The van der Waals surface area contributed by atoms with Gasteiger partial charge in [-0.25, -0.2) is 9.50 Å². The minimum absolute atomic E-state index is 0.497. The molecule has 1 fully saturated rings. The third-order valence-electron chi connectivity index (χ3n) is 5.94. The highest BCUT2D eigenvalue weighted by Gasteiger charge is 2.26. The van der Waals surface area contributed by atoms with E-state index in [-0.39, 0.29) is 0 Å². The van der Waals surface area contributed by atoms with Crippen molar-refractivity contribution in [3.63, 3.8) is 0 Å². The molecule has 2 aliphatic rings. The fourth-order valence-electron chi connectivity index (χ4n) is 4.43. The largest absolute Gasteiger partial charge is 0.346 e. The number of nitrogens with one attached hydrogen (secondary N) is 2. The number of aromatic amines is 1. The first-order valence-electron chi connectivity index (χ1n) is 9.98. The Bertz CT molecular complexity index is 988. The molecule has 0 radical (unpaired) electrons. The molecule has 0 saturated heterocycles. The van der Waals surface area contributed by atoms with Gasteiger partial charge in [-0.15, -0.1) is 5.10 Å². The summed E-state index contributed by atoms with van der Waals surface area (Å²) < 4.78 is 1.82. The minimum Gasteiger partial charge on any atom is -0.346 e. The molecule has 5 rings (SSSR count). The minimum atomic E-state index is 0.497. The van der Waals surface area contributed by atoms with Crippen molar-refractivity contribution in [2.45, 2.75) is 44.4 Å². The Kier molecular flexibility index (Phi) is 4.45. The lowest BCUT2D eigenvalue weighted by molar-refractivity contribution is 0.313. The van der Waals surface area contributed by atoms with Gasteiger partial charge in [0.1, 0.15) is 17.5 Å². The topological polar surface area (TPSA) is 83.3 Å². The lowest BCUT2D eigenvalue weighted by Crippen LogP contribution is -2.27. The summed E-state index contributed by atoms with van der Waals surface area (Å²) in [6, 6.07) is 2.07. The number of fused-ring (bicyclic) bond motifs is 3. The van der Waals surface area contributed by atoms with E-state index in [2.05, 4.69) is 42.7 Å². The van der Waals surface area contributed by atoms with Crippen molar-refractivity contribution < 1.29 is 0 Å². The lowest BCUT2D eigenvalue weighted by Gasteiger charge is -2.27. The second kappa shape index (κ2) is 7.23. The van der Waals surface area contributed by atoms with E-state index in [9.17, 15) is 0 Å². The summed E-state index contributed by atoms with van der Waals surface area (Å²) in [5.41, 5.74) is 4.40. The van der Waals surface area contributed by atoms with E-state index in [0.29, 0.717) is 5.92 Å². The van der Waals surface area contributed by atoms with Crippen LogP contribution in [0.3, 0.4) is 0 Å². The summed E-state index contributed by atoms with van der Waals surface area (Å²) in [5, 5.41) is 13.6. The van der Waals surface area contributed by atoms with Gasteiger partial charge in [0.25, 0.3) is 0 Å². The van der Waals surface area contributed by atoms with Crippen LogP contribution in [0.2, 0.25) is 0 Å². The van der Waals surface area contributed by atoms with Gasteiger partial charge < -0.3 is 10.3 Å². The second-order valence-corrected chi connectivity index (χ2v) is 7.67. The van der Waals surface area contributed by atoms with Gasteiger partial charge in [-0.05, 0) is 44.2 Å². The van der Waals surface area contributed by atoms with Gasteiger partial charge in [0, 0.05) is 48.8 Å². The van der Waals surface area contributed by atoms with Crippen LogP contribution in [0.1, 0.15) is 50.1 Å². The maximum Gasteiger partial charge on any atom is 0.141 e. The molecule has 4 heterocycles. The molecule has 1 saturated carbocycles. The van der Waals surface area contributed by atoms with Crippen molar-refractivity contribution in [3.05, 3.63) is 36.1 Å². The van der Waals surface area contributed by atoms with E-state index < -0.39 is 0 Å². The number of allylic oxidation sites excluding steroid dienone is 1. The van der Waals surface area contributed by atoms with E-state index in [0.717, 1.165) is 54.1 Å². The van der Waals surface area contributed by atoms with Crippen molar-refractivity contribution in [1.82, 2.24) is 30.1 Å². The number of nitrogens with zero attached hydrogens (tertiary/aromatic N) is 5. The summed E-state index contributed by atoms with van der Waals surface area (Å²) in [5.74, 6) is 1.26. The van der Waals surface area contributed by atoms with Crippen molar-refractivity contribution in [2.24, 2.45) is 10.9 Å². The Balaban J connectivity index is 1.19. The Hall–Kier alpha value is -2.54. The number of H-pyrrole nitrogens is 1. The monoisotopic (exact) mass is 363 g/mol. The number of hydrogen-bond acceptors (Lipinski definition) is 5. The first kappa shape index (κ1) is 16.6. The summed E-state index contributed by atoms with van der Waals surface area (Å²) >= 11 is 0. The van der Waals surface area contributed by atoms with Crippen LogP contribution in [0.5, 0.6) is 0 Å². The van der Waals surface area contributed by atoms with Crippen molar-refractivity contribution >= 4 is 22.8 Å². The molecule has 1 aliphatic heterocycles. The third-order valence-corrected chi connectivity index (χ3v) is 5.94. The van der Waals surface area contributed by atoms with E-state index in [1.54, 1.807) is 6.33 Å². The average molecular weight is 363 g/mol. The van der Waals surface area contributed by atoms with E-state index in [1.807, 2.05) is 16.9 Å². The summed E-state index contributed by atoms with van der Waals surface area (Å²) in [4.78, 5) is 12.0. The van der Waals surface area contributed by atoms with Crippen LogP contribution < -0.4 is 5.32 Å². The van der Waals surface area contributed by atoms with Crippen LogP contribution in [0, 0.1) is 5.92 Å². The van der Waals surface area contributed by atoms with Gasteiger partial charge in [0.15, 0.2) is 0 Å². The summed E-state index contributed by atoms with van der Waals surface area (Å²) in [7, 11) is 0. The van der Waals surface area contributed by atoms with Crippen molar-refractivity contribution in [2.75, 3.05) is 13.1 Å². The van der Waals surface area contributed by atoms with Crippen molar-refractivity contribution in [3.8, 4) is 0 Å². The molecule has 27 heavy (non-hydrogen) atoms. The van der Waals surface area contributed by atoms with Gasteiger partial charge >= 0.3 is 0 Å². The van der Waals surface area contributed by atoms with Gasteiger partial charge in [-0.2, -0.15) is 0 Å². The zero-order chi connectivity index (χ0) is 18.1. The van der Waals surface area contributed by atoms with Crippen LogP contribution in [0.4, 0.5) is 0 Å². The first-order valence-corrected chi connectivity index (χ1v) is 9.98. The number of rotatable bonds is 6. The Morgan fingerprint density at radius 3 is 3.00 bits per heavy atom. The zero-order valence-electron chi connectivity index (χ0n) is 15.4. The number of hydrogen-bond donors (Lipinski definition) is 2. The molecule has 140 valence electrons. The standard InChI is InChI=1S/C20H25N7/c1-2-16(22-9-1)7-10-21-12-14-3-5-15(6-4-14)18-19-17-8-11-23-20(17)24-13-27(19)26-25-18/h2,8-9,11,13-15,21,23H,1,3-7,10,12H2. The molecule has 1 aliphatic carbocycles. The van der Waals surface area contributed by atoms with E-state index in [4.69, 9.17) is 0 Å². The maximum absolute atomic E-state index is 4.52. The highest BCUT2D eigenvalue weighted by atomic mass is 15.4. The van der Waals surface area contributed by atoms with E-state index in [1.165, 1.54) is 31.4 Å². The lowest BCUT2D eigenvalue weighted by atomic mass is 9.80. The Labute approximate surface area is 158 Å². The molecule has 7 heteroatoms. The zero-order valence-corrected chi connectivity index (χ0v) is 15.4. The second-order valence-electron chi connectivity index (χ2n) is 7.67. The van der Waals surface area contributed by atoms with Gasteiger partial charge in [0.2, 0.25) is 0 Å². The van der Waals surface area contributed by atoms with Gasteiger partial charge in [-0.3, -0.25) is 4.99 Å². The average Bonchev–Trinajstić information content (AvgIpc) is 3.45. The molecular formula is C20H25N7. The first-order chi connectivity index (χ1) is 13.4. The number of aromatic nitrogens is 5. The summed E-state index contributed by atoms with van der Waals surface area (Å²) in [6.07, 6.45) is 14.8. The Morgan fingerprint density at radius 1 is 1.22 bits per heavy atom. The normalized spacial score (nSPS) is 22.7. The fraction of sp³-hybridized carbons (Fsp3) is 0.500. The summed E-state index contributed by atoms with van der Waals surface area (Å²) in [6.45, 7) is 2.13. The molecule has 7 nitrogen and oxygen atoms in total. The SMILES string of the molecule is C1=NC(CCNCC2CCC(c3nnn4cnc5[nH]ccc5c34)CC2)=CC1. The van der Waals surface area contributed by atoms with Crippen LogP contribution >= 0.6 is 0 Å². The molecule has 0 bridgehead atoms. The molecule has 0 aromatic carbocycles. The molecular weight excluding hydrogens is 338 g/mol. The van der Waals surface area contributed by atoms with Crippen molar-refractivity contribution in [1.29, 1.82) is 0 Å². The highest BCUT2D eigenvalue weighted by Crippen LogP contribution is 2.37. The van der Waals surface area contributed by atoms with Crippen LogP contribution in [-0.4, -0.2) is 44.1 Å². The Morgan fingerprint density at radius 2 is 2.15 bits per heavy atom. The molecule has 3 aromatic rings. The molecule has 0 spiro atoms. The van der Waals surface area contributed by atoms with Crippen LogP contribution in [0.25, 0.3) is 16.6 Å². The quantitative estimate of drug-likeness (QED) is 0.659.